The summed E-state index contributed by atoms with van der Waals surface area (Å²) in [5.74, 6) is 3.03. The minimum atomic E-state index is -0.505. The van der Waals surface area contributed by atoms with Gasteiger partial charge in [0.05, 0.1) is 23.8 Å². The highest BCUT2D eigenvalue weighted by atomic mass is 16.5. The Balaban J connectivity index is 1.38. The molecule has 0 N–H and O–H groups in total. The van der Waals surface area contributed by atoms with Gasteiger partial charge in [0.25, 0.3) is 0 Å². The third kappa shape index (κ3) is 11.8. The standard InChI is InChI=1S/C36H51NO4/c1-4-6-8-10-12-28(3)40-35-24-19-31(26-32(35)27-37)36(38)41-34-22-20-33(21-23-34)39-25-11-14-30-17-15-29(16-18-30)13-9-7-5-2/h19-24,26,28-30H,4-18,25H2,1-3H3. The van der Waals surface area contributed by atoms with Crippen molar-refractivity contribution in [2.45, 2.75) is 123 Å². The first-order valence-electron chi connectivity index (χ1n) is 16.2. The van der Waals surface area contributed by atoms with Crippen LogP contribution in [0.3, 0.4) is 0 Å². The fourth-order valence-corrected chi connectivity index (χ4v) is 5.81. The second-order valence-corrected chi connectivity index (χ2v) is 11.8. The summed E-state index contributed by atoms with van der Waals surface area (Å²) in [6.07, 6.45) is 19.1. The van der Waals surface area contributed by atoms with Gasteiger partial charge in [-0.25, -0.2) is 4.79 Å². The van der Waals surface area contributed by atoms with Crippen LogP contribution in [0, 0.1) is 23.2 Å². The second kappa shape index (κ2) is 18.4. The molecule has 0 aliphatic heterocycles. The van der Waals surface area contributed by atoms with Gasteiger partial charge < -0.3 is 14.2 Å². The Morgan fingerprint density at radius 2 is 1.49 bits per heavy atom. The number of ether oxygens (including phenoxy) is 3. The third-order valence-electron chi connectivity index (χ3n) is 8.37. The van der Waals surface area contributed by atoms with Crippen LogP contribution in [-0.4, -0.2) is 18.7 Å². The van der Waals surface area contributed by atoms with Gasteiger partial charge in [-0.2, -0.15) is 5.26 Å². The van der Waals surface area contributed by atoms with Crippen molar-refractivity contribution in [3.63, 3.8) is 0 Å². The van der Waals surface area contributed by atoms with Crippen molar-refractivity contribution in [2.24, 2.45) is 11.8 Å². The van der Waals surface area contributed by atoms with E-state index in [1.54, 1.807) is 24.3 Å². The molecule has 1 unspecified atom stereocenters. The zero-order valence-corrected chi connectivity index (χ0v) is 25.7. The first-order valence-corrected chi connectivity index (χ1v) is 16.2. The summed E-state index contributed by atoms with van der Waals surface area (Å²) < 4.78 is 17.5. The monoisotopic (exact) mass is 561 g/mol. The molecule has 0 aromatic heterocycles. The van der Waals surface area contributed by atoms with E-state index in [9.17, 15) is 10.1 Å². The van der Waals surface area contributed by atoms with E-state index in [0.717, 1.165) is 36.8 Å². The van der Waals surface area contributed by atoms with Crippen molar-refractivity contribution in [2.75, 3.05) is 6.61 Å². The molecule has 0 heterocycles. The van der Waals surface area contributed by atoms with Crippen LogP contribution in [0.25, 0.3) is 0 Å². The van der Waals surface area contributed by atoms with Crippen LogP contribution in [0.4, 0.5) is 0 Å². The molecule has 1 atom stereocenters. The van der Waals surface area contributed by atoms with Gasteiger partial charge >= 0.3 is 5.97 Å². The molecule has 3 rings (SSSR count). The molecule has 1 aliphatic rings. The number of nitrogens with zero attached hydrogens (tertiary/aromatic N) is 1. The van der Waals surface area contributed by atoms with Crippen molar-refractivity contribution in [1.82, 2.24) is 0 Å². The minimum Gasteiger partial charge on any atom is -0.494 e. The van der Waals surface area contributed by atoms with Crippen LogP contribution in [0.2, 0.25) is 0 Å². The molecule has 0 bridgehead atoms. The van der Waals surface area contributed by atoms with E-state index in [4.69, 9.17) is 14.2 Å². The Labute approximate surface area is 248 Å². The van der Waals surface area contributed by atoms with E-state index in [2.05, 4.69) is 19.9 Å². The minimum absolute atomic E-state index is 0.0117. The topological polar surface area (TPSA) is 68.6 Å². The van der Waals surface area contributed by atoms with Gasteiger partial charge in [0.1, 0.15) is 23.3 Å². The van der Waals surface area contributed by atoms with Crippen LogP contribution in [0.15, 0.2) is 42.5 Å². The molecular formula is C36H51NO4. The summed E-state index contributed by atoms with van der Waals surface area (Å²) in [4.78, 5) is 12.7. The molecule has 0 saturated heterocycles. The lowest BCUT2D eigenvalue weighted by Gasteiger charge is -2.28. The number of carbonyl (C=O) groups excluding carboxylic acids is 1. The van der Waals surface area contributed by atoms with Gasteiger partial charge in [-0.15, -0.1) is 0 Å². The van der Waals surface area contributed by atoms with Gasteiger partial charge in [0, 0.05) is 0 Å². The van der Waals surface area contributed by atoms with E-state index < -0.39 is 5.97 Å². The van der Waals surface area contributed by atoms with Crippen LogP contribution in [0.5, 0.6) is 17.2 Å². The van der Waals surface area contributed by atoms with E-state index in [1.807, 2.05) is 19.1 Å². The number of esters is 1. The fourth-order valence-electron chi connectivity index (χ4n) is 5.81. The zero-order chi connectivity index (χ0) is 29.3. The number of rotatable bonds is 18. The van der Waals surface area contributed by atoms with Gasteiger partial charge in [0.2, 0.25) is 0 Å². The Bertz CT molecular complexity index is 1070. The predicted molar refractivity (Wildman–Crippen MR) is 166 cm³/mol. The lowest BCUT2D eigenvalue weighted by Crippen LogP contribution is -2.15. The van der Waals surface area contributed by atoms with Crippen molar-refractivity contribution < 1.29 is 19.0 Å². The molecule has 0 spiro atoms. The smallest absolute Gasteiger partial charge is 0.343 e. The van der Waals surface area contributed by atoms with Gasteiger partial charge in [0.15, 0.2) is 0 Å². The normalized spacial score (nSPS) is 17.4. The molecule has 1 aliphatic carbocycles. The van der Waals surface area contributed by atoms with E-state index >= 15 is 0 Å². The maximum atomic E-state index is 12.7. The number of carbonyl (C=O) groups is 1. The van der Waals surface area contributed by atoms with E-state index in [-0.39, 0.29) is 6.10 Å². The van der Waals surface area contributed by atoms with Crippen LogP contribution < -0.4 is 14.2 Å². The molecule has 0 amide bonds. The number of benzene rings is 2. The Kier molecular flexibility index (Phi) is 14.6. The van der Waals surface area contributed by atoms with Crippen LogP contribution >= 0.6 is 0 Å². The molecule has 2 aromatic carbocycles. The highest BCUT2D eigenvalue weighted by molar-refractivity contribution is 5.91. The lowest BCUT2D eigenvalue weighted by molar-refractivity contribution is 0.0734. The molecule has 41 heavy (non-hydrogen) atoms. The largest absolute Gasteiger partial charge is 0.494 e. The number of hydrogen-bond donors (Lipinski definition) is 0. The summed E-state index contributed by atoms with van der Waals surface area (Å²) in [7, 11) is 0. The first-order chi connectivity index (χ1) is 20.0. The van der Waals surface area contributed by atoms with Crippen molar-refractivity contribution in [1.29, 1.82) is 5.26 Å². The highest BCUT2D eigenvalue weighted by Gasteiger charge is 2.20. The summed E-state index contributed by atoms with van der Waals surface area (Å²) in [5, 5.41) is 9.62. The SMILES string of the molecule is CCCCCCC(C)Oc1ccc(C(=O)Oc2ccc(OCCCC3CCC(CCCCC)CC3)cc2)cc1C#N. The van der Waals surface area contributed by atoms with Crippen molar-refractivity contribution in [3.8, 4) is 23.3 Å². The van der Waals surface area contributed by atoms with Gasteiger partial charge in [-0.3, -0.25) is 0 Å². The summed E-state index contributed by atoms with van der Waals surface area (Å²) in [6.45, 7) is 7.20. The lowest BCUT2D eigenvalue weighted by atomic mass is 9.78. The number of hydrogen-bond acceptors (Lipinski definition) is 5. The van der Waals surface area contributed by atoms with Crippen molar-refractivity contribution >= 4 is 5.97 Å². The maximum absolute atomic E-state index is 12.7. The third-order valence-corrected chi connectivity index (χ3v) is 8.37. The Morgan fingerprint density at radius 3 is 2.15 bits per heavy atom. The van der Waals surface area contributed by atoms with E-state index in [1.165, 1.54) is 83.1 Å². The molecule has 1 fully saturated rings. The summed E-state index contributed by atoms with van der Waals surface area (Å²) in [5.41, 5.74) is 0.656. The summed E-state index contributed by atoms with van der Waals surface area (Å²) >= 11 is 0. The second-order valence-electron chi connectivity index (χ2n) is 11.8. The predicted octanol–water partition coefficient (Wildman–Crippen LogP) is 10.1. The van der Waals surface area contributed by atoms with Crippen LogP contribution in [0.1, 0.15) is 133 Å². The highest BCUT2D eigenvalue weighted by Crippen LogP contribution is 2.34. The molecule has 5 heteroatoms. The molecule has 2 aromatic rings. The maximum Gasteiger partial charge on any atom is 0.343 e. The van der Waals surface area contributed by atoms with Crippen LogP contribution in [-0.2, 0) is 0 Å². The molecule has 0 radical (unpaired) electrons. The zero-order valence-electron chi connectivity index (χ0n) is 25.7. The van der Waals surface area contributed by atoms with E-state index in [0.29, 0.717) is 29.2 Å². The fraction of sp³-hybridized carbons (Fsp3) is 0.611. The molecule has 224 valence electrons. The first kappa shape index (κ1) is 32.5. The van der Waals surface area contributed by atoms with Gasteiger partial charge in [-0.05, 0) is 86.9 Å². The van der Waals surface area contributed by atoms with Crippen molar-refractivity contribution in [3.05, 3.63) is 53.6 Å². The average molecular weight is 562 g/mol. The molecular weight excluding hydrogens is 510 g/mol. The molecule has 5 nitrogen and oxygen atoms in total. The number of unbranched alkanes of at least 4 members (excludes halogenated alkanes) is 5. The number of nitriles is 1. The molecule has 1 saturated carbocycles. The Morgan fingerprint density at radius 1 is 0.854 bits per heavy atom. The summed E-state index contributed by atoms with van der Waals surface area (Å²) in [6, 6.07) is 14.2. The average Bonchev–Trinajstić information content (AvgIpc) is 2.99. The quantitative estimate of drug-likeness (QED) is 0.103. The Hall–Kier alpha value is -3.00. The van der Waals surface area contributed by atoms with Gasteiger partial charge in [-0.1, -0.05) is 84.5 Å².